The first-order chi connectivity index (χ1) is 8.04. The van der Waals surface area contributed by atoms with E-state index in [0.717, 1.165) is 0 Å². The SMILES string of the molecule is CCOC(=O)CC#Cc1cc(Cl)cc(Cl)c1Cl. The molecule has 0 heterocycles. The fourth-order valence-electron chi connectivity index (χ4n) is 1.07. The maximum absolute atomic E-state index is 11.0. The van der Waals surface area contributed by atoms with E-state index in [1.807, 2.05) is 0 Å². The van der Waals surface area contributed by atoms with E-state index in [1.54, 1.807) is 13.0 Å². The molecule has 0 fully saturated rings. The van der Waals surface area contributed by atoms with Gasteiger partial charge in [-0.05, 0) is 19.1 Å². The molecule has 1 aromatic rings. The van der Waals surface area contributed by atoms with Crippen LogP contribution in [0.5, 0.6) is 0 Å². The average Bonchev–Trinajstić information content (AvgIpc) is 2.25. The average molecular weight is 292 g/mol. The molecule has 0 aliphatic heterocycles. The summed E-state index contributed by atoms with van der Waals surface area (Å²) >= 11 is 17.6. The highest BCUT2D eigenvalue weighted by molar-refractivity contribution is 6.43. The van der Waals surface area contributed by atoms with Gasteiger partial charge in [0.05, 0.1) is 16.7 Å². The van der Waals surface area contributed by atoms with E-state index < -0.39 is 0 Å². The predicted molar refractivity (Wildman–Crippen MR) is 69.6 cm³/mol. The molecule has 1 aromatic carbocycles. The van der Waals surface area contributed by atoms with Gasteiger partial charge in [0.1, 0.15) is 6.42 Å². The van der Waals surface area contributed by atoms with Crippen LogP contribution in [0.25, 0.3) is 0 Å². The van der Waals surface area contributed by atoms with Crippen molar-refractivity contribution in [3.63, 3.8) is 0 Å². The summed E-state index contributed by atoms with van der Waals surface area (Å²) in [6, 6.07) is 3.12. The number of esters is 1. The van der Waals surface area contributed by atoms with Gasteiger partial charge in [-0.2, -0.15) is 0 Å². The fourth-order valence-corrected chi connectivity index (χ4v) is 1.72. The minimum absolute atomic E-state index is 0.00824. The van der Waals surface area contributed by atoms with E-state index in [2.05, 4.69) is 11.8 Å². The first kappa shape index (κ1) is 14.2. The molecule has 2 nitrogen and oxygen atoms in total. The zero-order chi connectivity index (χ0) is 12.8. The molecule has 90 valence electrons. The third-order valence-corrected chi connectivity index (χ3v) is 2.77. The van der Waals surface area contributed by atoms with Crippen LogP contribution in [-0.4, -0.2) is 12.6 Å². The summed E-state index contributed by atoms with van der Waals surface area (Å²) in [6.45, 7) is 2.07. The third kappa shape index (κ3) is 4.47. The summed E-state index contributed by atoms with van der Waals surface area (Å²) in [5.41, 5.74) is 0.494. The Morgan fingerprint density at radius 2 is 2.06 bits per heavy atom. The van der Waals surface area contributed by atoms with Crippen molar-refractivity contribution in [2.75, 3.05) is 6.61 Å². The van der Waals surface area contributed by atoms with Crippen LogP contribution in [0.15, 0.2) is 12.1 Å². The molecular weight excluding hydrogens is 282 g/mol. The molecule has 0 saturated heterocycles. The van der Waals surface area contributed by atoms with E-state index in [4.69, 9.17) is 39.5 Å². The van der Waals surface area contributed by atoms with E-state index >= 15 is 0 Å². The van der Waals surface area contributed by atoms with Crippen LogP contribution in [0.3, 0.4) is 0 Å². The Morgan fingerprint density at radius 3 is 2.71 bits per heavy atom. The third-order valence-electron chi connectivity index (χ3n) is 1.75. The molecule has 0 radical (unpaired) electrons. The Hall–Kier alpha value is -0.880. The summed E-state index contributed by atoms with van der Waals surface area (Å²) in [5.74, 6) is 5.02. The van der Waals surface area contributed by atoms with E-state index in [-0.39, 0.29) is 12.4 Å². The van der Waals surface area contributed by atoms with Crippen LogP contribution in [0.2, 0.25) is 15.1 Å². The number of hydrogen-bond donors (Lipinski definition) is 0. The molecule has 0 saturated carbocycles. The highest BCUT2D eigenvalue weighted by atomic mass is 35.5. The maximum atomic E-state index is 11.0. The van der Waals surface area contributed by atoms with E-state index in [0.29, 0.717) is 27.2 Å². The summed E-state index contributed by atoms with van der Waals surface area (Å²) in [4.78, 5) is 11.0. The van der Waals surface area contributed by atoms with Gasteiger partial charge < -0.3 is 4.74 Å². The highest BCUT2D eigenvalue weighted by Gasteiger charge is 2.05. The van der Waals surface area contributed by atoms with Crippen LogP contribution in [0.4, 0.5) is 0 Å². The number of halogens is 3. The lowest BCUT2D eigenvalue weighted by Gasteiger charge is -2.00. The Balaban J connectivity index is 2.82. The van der Waals surface area contributed by atoms with Crippen LogP contribution in [0, 0.1) is 11.8 Å². The Bertz CT molecular complexity index is 487. The normalized spacial score (nSPS) is 9.41. The van der Waals surface area contributed by atoms with Gasteiger partial charge in [0.25, 0.3) is 0 Å². The van der Waals surface area contributed by atoms with Crippen molar-refractivity contribution >= 4 is 40.8 Å². The summed E-state index contributed by atoms with van der Waals surface area (Å²) < 4.78 is 4.73. The zero-order valence-electron chi connectivity index (χ0n) is 9.02. The van der Waals surface area contributed by atoms with Crippen molar-refractivity contribution in [3.05, 3.63) is 32.8 Å². The van der Waals surface area contributed by atoms with Gasteiger partial charge in [-0.25, -0.2) is 0 Å². The predicted octanol–water partition coefficient (Wildman–Crippen LogP) is 3.95. The van der Waals surface area contributed by atoms with E-state index in [1.165, 1.54) is 6.07 Å². The van der Waals surface area contributed by atoms with Gasteiger partial charge in [0.2, 0.25) is 0 Å². The number of hydrogen-bond acceptors (Lipinski definition) is 2. The van der Waals surface area contributed by atoms with Crippen LogP contribution in [0.1, 0.15) is 18.9 Å². The summed E-state index contributed by atoms with van der Waals surface area (Å²) in [5, 5.41) is 1.10. The second kappa shape index (κ2) is 6.76. The Morgan fingerprint density at radius 1 is 1.35 bits per heavy atom. The van der Waals surface area contributed by atoms with Gasteiger partial charge in [-0.3, -0.25) is 4.79 Å². The first-order valence-corrected chi connectivity index (χ1v) is 5.97. The lowest BCUT2D eigenvalue weighted by Crippen LogP contribution is -2.01. The number of carbonyl (C=O) groups excluding carboxylic acids is 1. The molecule has 5 heteroatoms. The molecule has 0 aromatic heterocycles. The van der Waals surface area contributed by atoms with Gasteiger partial charge >= 0.3 is 5.97 Å². The molecular formula is C12H9Cl3O2. The number of carbonyl (C=O) groups is 1. The topological polar surface area (TPSA) is 26.3 Å². The van der Waals surface area contributed by atoms with Crippen molar-refractivity contribution in [1.82, 2.24) is 0 Å². The van der Waals surface area contributed by atoms with Crippen molar-refractivity contribution in [2.45, 2.75) is 13.3 Å². The summed E-state index contributed by atoms with van der Waals surface area (Å²) in [7, 11) is 0. The van der Waals surface area contributed by atoms with Crippen LogP contribution < -0.4 is 0 Å². The van der Waals surface area contributed by atoms with Crippen molar-refractivity contribution in [2.24, 2.45) is 0 Å². The molecule has 0 spiro atoms. The lowest BCUT2D eigenvalue weighted by atomic mass is 10.2. The van der Waals surface area contributed by atoms with Gasteiger partial charge in [-0.15, -0.1) is 0 Å². The quantitative estimate of drug-likeness (QED) is 0.468. The smallest absolute Gasteiger partial charge is 0.317 e. The molecule has 0 bridgehead atoms. The minimum atomic E-state index is -0.371. The zero-order valence-corrected chi connectivity index (χ0v) is 11.3. The van der Waals surface area contributed by atoms with Crippen LogP contribution in [-0.2, 0) is 9.53 Å². The second-order valence-corrected chi connectivity index (χ2v) is 4.25. The molecule has 0 amide bonds. The fraction of sp³-hybridized carbons (Fsp3) is 0.250. The van der Waals surface area contributed by atoms with E-state index in [9.17, 15) is 4.79 Å². The number of benzene rings is 1. The highest BCUT2D eigenvalue weighted by Crippen LogP contribution is 2.29. The molecule has 0 aliphatic rings. The summed E-state index contributed by atoms with van der Waals surface area (Å²) in [6.07, 6.45) is 0.00824. The number of ether oxygens (including phenoxy) is 1. The van der Waals surface area contributed by atoms with Gasteiger partial charge in [-0.1, -0.05) is 46.6 Å². The second-order valence-electron chi connectivity index (χ2n) is 3.03. The molecule has 1 rings (SSSR count). The molecule has 17 heavy (non-hydrogen) atoms. The molecule has 0 unspecified atom stereocenters. The van der Waals surface area contributed by atoms with Crippen molar-refractivity contribution in [1.29, 1.82) is 0 Å². The molecule has 0 atom stereocenters. The van der Waals surface area contributed by atoms with Gasteiger partial charge in [0, 0.05) is 10.6 Å². The molecule has 0 aliphatic carbocycles. The van der Waals surface area contributed by atoms with Crippen LogP contribution >= 0.6 is 34.8 Å². The largest absolute Gasteiger partial charge is 0.465 e. The lowest BCUT2D eigenvalue weighted by molar-refractivity contribution is -0.141. The maximum Gasteiger partial charge on any atom is 0.317 e. The molecule has 0 N–H and O–H groups in total. The van der Waals surface area contributed by atoms with Gasteiger partial charge in [0.15, 0.2) is 0 Å². The number of rotatable bonds is 2. The van der Waals surface area contributed by atoms with Crippen molar-refractivity contribution < 1.29 is 9.53 Å². The minimum Gasteiger partial charge on any atom is -0.465 e. The van der Waals surface area contributed by atoms with Crippen molar-refractivity contribution in [3.8, 4) is 11.8 Å². The Labute approximate surface area is 115 Å². The first-order valence-electron chi connectivity index (χ1n) is 4.83. The monoisotopic (exact) mass is 290 g/mol. The standard InChI is InChI=1S/C12H9Cl3O2/c1-2-17-11(16)5-3-4-8-6-9(13)7-10(14)12(8)15/h6-7H,2,5H2,1H3. The Kier molecular flexibility index (Phi) is 5.64.